The van der Waals surface area contributed by atoms with Gasteiger partial charge in [-0.25, -0.2) is 0 Å². The molecule has 0 radical (unpaired) electrons. The molecule has 8 heteroatoms. The van der Waals surface area contributed by atoms with Crippen molar-refractivity contribution in [2.75, 3.05) is 0 Å². The first-order valence-electron chi connectivity index (χ1n) is 7.08. The third kappa shape index (κ3) is 3.41. The fraction of sp³-hybridized carbons (Fsp3) is 0.429. The van der Waals surface area contributed by atoms with E-state index in [9.17, 15) is 10.1 Å². The van der Waals surface area contributed by atoms with Crippen molar-refractivity contribution in [3.05, 3.63) is 39.2 Å². The van der Waals surface area contributed by atoms with Gasteiger partial charge in [-0.2, -0.15) is 0 Å². The van der Waals surface area contributed by atoms with Crippen LogP contribution in [-0.2, 0) is 0 Å². The maximum atomic E-state index is 11.1. The number of nitro groups is 1. The van der Waals surface area contributed by atoms with Crippen LogP contribution >= 0.6 is 23.4 Å². The summed E-state index contributed by atoms with van der Waals surface area (Å²) >= 11 is 6.90. The SMILES string of the molecule is O=[N+]([O-])c1cc(Cl)ccc1Sc1nnc(C2CCCCC2)o1. The van der Waals surface area contributed by atoms with Gasteiger partial charge in [-0.1, -0.05) is 30.9 Å². The zero-order chi connectivity index (χ0) is 15.5. The minimum atomic E-state index is -0.466. The van der Waals surface area contributed by atoms with E-state index in [1.54, 1.807) is 12.1 Å². The first-order valence-corrected chi connectivity index (χ1v) is 8.28. The zero-order valence-corrected chi connectivity index (χ0v) is 13.3. The van der Waals surface area contributed by atoms with Crippen LogP contribution in [0.25, 0.3) is 0 Å². The predicted octanol–water partition coefficient (Wildman–Crippen LogP) is 4.83. The van der Waals surface area contributed by atoms with Gasteiger partial charge in [0.05, 0.1) is 9.82 Å². The molecule has 1 aromatic carbocycles. The summed E-state index contributed by atoms with van der Waals surface area (Å²) < 4.78 is 5.68. The van der Waals surface area contributed by atoms with Crippen molar-refractivity contribution in [1.29, 1.82) is 0 Å². The molecule has 1 heterocycles. The average molecular weight is 340 g/mol. The number of aromatic nitrogens is 2. The van der Waals surface area contributed by atoms with E-state index in [0.29, 0.717) is 26.9 Å². The second kappa shape index (κ2) is 6.66. The second-order valence-electron chi connectivity index (χ2n) is 5.21. The molecule has 0 spiro atoms. The maximum absolute atomic E-state index is 11.1. The van der Waals surface area contributed by atoms with Crippen molar-refractivity contribution in [3.63, 3.8) is 0 Å². The van der Waals surface area contributed by atoms with E-state index < -0.39 is 4.92 Å². The number of halogens is 1. The van der Waals surface area contributed by atoms with Crippen LogP contribution in [-0.4, -0.2) is 15.1 Å². The van der Waals surface area contributed by atoms with Crippen LogP contribution in [0.2, 0.25) is 5.02 Å². The minimum Gasteiger partial charge on any atom is -0.415 e. The number of benzene rings is 1. The first-order chi connectivity index (χ1) is 10.6. The molecule has 0 amide bonds. The first kappa shape index (κ1) is 15.3. The van der Waals surface area contributed by atoms with E-state index >= 15 is 0 Å². The lowest BCUT2D eigenvalue weighted by molar-refractivity contribution is -0.387. The molecule has 1 fully saturated rings. The van der Waals surface area contributed by atoms with Crippen molar-refractivity contribution in [2.45, 2.75) is 48.1 Å². The lowest BCUT2D eigenvalue weighted by Gasteiger charge is -2.17. The third-order valence-corrected chi connectivity index (χ3v) is 4.83. The molecule has 0 unspecified atom stereocenters. The number of nitro benzene ring substituents is 1. The van der Waals surface area contributed by atoms with Crippen molar-refractivity contribution < 1.29 is 9.34 Å². The van der Waals surface area contributed by atoms with E-state index in [0.717, 1.165) is 24.6 Å². The lowest BCUT2D eigenvalue weighted by Crippen LogP contribution is -2.04. The monoisotopic (exact) mass is 339 g/mol. The molecule has 22 heavy (non-hydrogen) atoms. The minimum absolute atomic E-state index is 0.0603. The van der Waals surface area contributed by atoms with Gasteiger partial charge in [0, 0.05) is 17.0 Å². The number of hydrogen-bond acceptors (Lipinski definition) is 6. The highest BCUT2D eigenvalue weighted by atomic mass is 35.5. The van der Waals surface area contributed by atoms with Gasteiger partial charge in [-0.05, 0) is 36.7 Å². The predicted molar refractivity (Wildman–Crippen MR) is 82.4 cm³/mol. The summed E-state index contributed by atoms with van der Waals surface area (Å²) in [6.07, 6.45) is 5.74. The molecule has 6 nitrogen and oxygen atoms in total. The Morgan fingerprint density at radius 2 is 2.05 bits per heavy atom. The summed E-state index contributed by atoms with van der Waals surface area (Å²) in [6, 6.07) is 4.52. The van der Waals surface area contributed by atoms with Gasteiger partial charge in [0.15, 0.2) is 0 Å². The molecule has 1 aromatic heterocycles. The summed E-state index contributed by atoms with van der Waals surface area (Å²) in [7, 11) is 0. The Kier molecular flexibility index (Phi) is 4.63. The highest BCUT2D eigenvalue weighted by Gasteiger charge is 2.23. The van der Waals surface area contributed by atoms with E-state index in [1.165, 1.54) is 25.3 Å². The molecular weight excluding hydrogens is 326 g/mol. The zero-order valence-electron chi connectivity index (χ0n) is 11.7. The van der Waals surface area contributed by atoms with Crippen molar-refractivity contribution in [1.82, 2.24) is 10.2 Å². The molecule has 0 saturated heterocycles. The second-order valence-corrected chi connectivity index (χ2v) is 6.64. The van der Waals surface area contributed by atoms with Crippen molar-refractivity contribution in [2.24, 2.45) is 0 Å². The van der Waals surface area contributed by atoms with E-state index in [1.807, 2.05) is 0 Å². The number of hydrogen-bond donors (Lipinski definition) is 0. The van der Waals surface area contributed by atoms with Gasteiger partial charge in [0.2, 0.25) is 5.89 Å². The third-order valence-electron chi connectivity index (χ3n) is 3.69. The Hall–Kier alpha value is -1.60. The molecule has 0 N–H and O–H groups in total. The Balaban J connectivity index is 1.79. The Morgan fingerprint density at radius 3 is 2.77 bits per heavy atom. The molecule has 0 atom stereocenters. The van der Waals surface area contributed by atoms with Crippen LogP contribution in [0.15, 0.2) is 32.7 Å². The summed E-state index contributed by atoms with van der Waals surface area (Å²) in [5.74, 6) is 0.953. The standard InChI is InChI=1S/C14H14ClN3O3S/c15-10-6-7-12(11(8-10)18(19)20)22-14-17-16-13(21-14)9-4-2-1-3-5-9/h6-9H,1-5H2. The van der Waals surface area contributed by atoms with Crippen LogP contribution in [0.4, 0.5) is 5.69 Å². The maximum Gasteiger partial charge on any atom is 0.284 e. The van der Waals surface area contributed by atoms with Gasteiger partial charge in [-0.3, -0.25) is 10.1 Å². The van der Waals surface area contributed by atoms with Crippen LogP contribution in [0.5, 0.6) is 0 Å². The highest BCUT2D eigenvalue weighted by Crippen LogP contribution is 2.38. The van der Waals surface area contributed by atoms with Crippen LogP contribution in [0, 0.1) is 10.1 Å². The molecule has 1 saturated carbocycles. The fourth-order valence-corrected chi connectivity index (χ4v) is 3.53. The normalized spacial score (nSPS) is 15.9. The molecule has 0 aliphatic heterocycles. The van der Waals surface area contributed by atoms with Crippen LogP contribution < -0.4 is 0 Å². The van der Waals surface area contributed by atoms with E-state index in [2.05, 4.69) is 10.2 Å². The molecule has 1 aliphatic rings. The topological polar surface area (TPSA) is 82.1 Å². The molecule has 116 valence electrons. The largest absolute Gasteiger partial charge is 0.415 e. The lowest BCUT2D eigenvalue weighted by atomic mass is 9.89. The molecule has 0 bridgehead atoms. The Morgan fingerprint density at radius 1 is 1.27 bits per heavy atom. The quantitative estimate of drug-likeness (QED) is 0.586. The number of rotatable bonds is 4. The van der Waals surface area contributed by atoms with Gasteiger partial charge in [-0.15, -0.1) is 10.2 Å². The molecular formula is C14H14ClN3O3S. The smallest absolute Gasteiger partial charge is 0.284 e. The van der Waals surface area contributed by atoms with E-state index in [-0.39, 0.29) is 5.69 Å². The summed E-state index contributed by atoms with van der Waals surface area (Å²) in [4.78, 5) is 11.1. The van der Waals surface area contributed by atoms with Gasteiger partial charge in [0.25, 0.3) is 10.9 Å². The van der Waals surface area contributed by atoms with Gasteiger partial charge < -0.3 is 4.42 Å². The van der Waals surface area contributed by atoms with E-state index in [4.69, 9.17) is 16.0 Å². The molecule has 1 aliphatic carbocycles. The van der Waals surface area contributed by atoms with Gasteiger partial charge in [0.1, 0.15) is 0 Å². The Labute approximate surface area is 136 Å². The number of nitrogens with zero attached hydrogens (tertiary/aromatic N) is 3. The van der Waals surface area contributed by atoms with Crippen molar-refractivity contribution in [3.8, 4) is 0 Å². The van der Waals surface area contributed by atoms with Crippen LogP contribution in [0.1, 0.15) is 43.9 Å². The highest BCUT2D eigenvalue weighted by molar-refractivity contribution is 7.99. The molecule has 3 rings (SSSR count). The fourth-order valence-electron chi connectivity index (χ4n) is 2.59. The molecule has 2 aromatic rings. The summed E-state index contributed by atoms with van der Waals surface area (Å²) in [5.41, 5.74) is -0.0603. The van der Waals surface area contributed by atoms with Crippen molar-refractivity contribution >= 4 is 29.1 Å². The van der Waals surface area contributed by atoms with Crippen LogP contribution in [0.3, 0.4) is 0 Å². The summed E-state index contributed by atoms with van der Waals surface area (Å²) in [5, 5.41) is 19.8. The van der Waals surface area contributed by atoms with Gasteiger partial charge >= 0.3 is 0 Å². The summed E-state index contributed by atoms with van der Waals surface area (Å²) in [6.45, 7) is 0. The Bertz CT molecular complexity index is 686. The average Bonchev–Trinajstić information content (AvgIpc) is 2.98.